The van der Waals surface area contributed by atoms with E-state index in [4.69, 9.17) is 9.47 Å². The van der Waals surface area contributed by atoms with Crippen LogP contribution < -0.4 is 10.6 Å². The summed E-state index contributed by atoms with van der Waals surface area (Å²) < 4.78 is 10.4. The second-order valence-electron chi connectivity index (χ2n) is 9.29. The Hall–Kier alpha value is -2.64. The van der Waals surface area contributed by atoms with Gasteiger partial charge in [-0.05, 0) is 49.9 Å². The van der Waals surface area contributed by atoms with Gasteiger partial charge in [-0.25, -0.2) is 4.79 Å². The molecular formula is C25H35N3O4. The molecule has 1 aliphatic rings. The predicted molar refractivity (Wildman–Crippen MR) is 126 cm³/mol. The van der Waals surface area contributed by atoms with Crippen LogP contribution in [0.1, 0.15) is 32.8 Å². The zero-order valence-corrected chi connectivity index (χ0v) is 19.5. The van der Waals surface area contributed by atoms with Crippen molar-refractivity contribution in [3.63, 3.8) is 0 Å². The second kappa shape index (κ2) is 10.8. The lowest BCUT2D eigenvalue weighted by atomic mass is 9.99. The molecule has 0 aromatic heterocycles. The van der Waals surface area contributed by atoms with Gasteiger partial charge in [0.15, 0.2) is 0 Å². The molecule has 0 bridgehead atoms. The molecule has 0 radical (unpaired) electrons. The van der Waals surface area contributed by atoms with Crippen LogP contribution in [0.5, 0.6) is 0 Å². The topological polar surface area (TPSA) is 79.9 Å². The van der Waals surface area contributed by atoms with Gasteiger partial charge in [0, 0.05) is 32.2 Å². The Morgan fingerprint density at radius 3 is 2.66 bits per heavy atom. The minimum absolute atomic E-state index is 0.169. The number of esters is 1. The van der Waals surface area contributed by atoms with E-state index in [1.165, 1.54) is 17.9 Å². The van der Waals surface area contributed by atoms with E-state index in [-0.39, 0.29) is 18.1 Å². The number of hydrogen-bond donors (Lipinski definition) is 2. The van der Waals surface area contributed by atoms with Crippen LogP contribution in [-0.2, 0) is 20.7 Å². The van der Waals surface area contributed by atoms with Crippen molar-refractivity contribution in [3.8, 4) is 0 Å². The van der Waals surface area contributed by atoms with Crippen molar-refractivity contribution < 1.29 is 19.1 Å². The van der Waals surface area contributed by atoms with Gasteiger partial charge >= 0.3 is 12.1 Å². The van der Waals surface area contributed by atoms with E-state index in [1.54, 1.807) is 0 Å². The second-order valence-corrected chi connectivity index (χ2v) is 9.29. The van der Waals surface area contributed by atoms with E-state index in [1.807, 2.05) is 32.9 Å². The summed E-state index contributed by atoms with van der Waals surface area (Å²) in [5.41, 5.74) is 0.598. The number of alkyl carbamates (subject to hydrolysis) is 1. The molecule has 2 atom stereocenters. The minimum Gasteiger partial charge on any atom is -0.468 e. The lowest BCUT2D eigenvalue weighted by molar-refractivity contribution is -0.147. The van der Waals surface area contributed by atoms with Gasteiger partial charge in [0.25, 0.3) is 0 Å². The summed E-state index contributed by atoms with van der Waals surface area (Å²) in [7, 11) is 1.44. The van der Waals surface area contributed by atoms with Gasteiger partial charge in [-0.3, -0.25) is 9.69 Å². The summed E-state index contributed by atoms with van der Waals surface area (Å²) in [6.45, 7) is 8.30. The lowest BCUT2D eigenvalue weighted by Gasteiger charge is -2.37. The summed E-state index contributed by atoms with van der Waals surface area (Å²) >= 11 is 0. The van der Waals surface area contributed by atoms with Gasteiger partial charge in [0.2, 0.25) is 0 Å². The molecule has 1 fully saturated rings. The highest BCUT2D eigenvalue weighted by atomic mass is 16.6. The maximum Gasteiger partial charge on any atom is 0.407 e. The van der Waals surface area contributed by atoms with E-state index < -0.39 is 11.7 Å². The van der Waals surface area contributed by atoms with Gasteiger partial charge in [-0.15, -0.1) is 0 Å². The molecule has 2 aromatic rings. The number of nitrogens with zero attached hydrogens (tertiary/aromatic N) is 1. The number of amides is 1. The third-order valence-electron chi connectivity index (χ3n) is 5.60. The number of piperazine rings is 1. The van der Waals surface area contributed by atoms with E-state index in [2.05, 4.69) is 45.9 Å². The largest absolute Gasteiger partial charge is 0.468 e. The van der Waals surface area contributed by atoms with Crippen LogP contribution in [0.25, 0.3) is 10.8 Å². The summed E-state index contributed by atoms with van der Waals surface area (Å²) in [6, 6.07) is 14.4. The van der Waals surface area contributed by atoms with Crippen LogP contribution in [-0.4, -0.2) is 67.9 Å². The maximum atomic E-state index is 12.7. The average molecular weight is 442 g/mol. The monoisotopic (exact) mass is 441 g/mol. The van der Waals surface area contributed by atoms with Crippen LogP contribution in [0, 0.1) is 0 Å². The molecule has 1 aliphatic heterocycles. The fourth-order valence-electron chi connectivity index (χ4n) is 4.08. The maximum absolute atomic E-state index is 12.7. The first-order chi connectivity index (χ1) is 15.2. The van der Waals surface area contributed by atoms with Gasteiger partial charge in [0.1, 0.15) is 11.6 Å². The summed E-state index contributed by atoms with van der Waals surface area (Å²) in [5.74, 6) is -0.217. The Kier molecular flexibility index (Phi) is 8.10. The number of ether oxygens (including phenoxy) is 2. The fraction of sp³-hybridized carbons (Fsp3) is 0.520. The summed E-state index contributed by atoms with van der Waals surface area (Å²) in [5, 5.41) is 8.65. The van der Waals surface area contributed by atoms with E-state index in [0.29, 0.717) is 19.5 Å². The Labute approximate surface area is 190 Å². The predicted octanol–water partition coefficient (Wildman–Crippen LogP) is 3.11. The van der Waals surface area contributed by atoms with Gasteiger partial charge < -0.3 is 20.1 Å². The molecule has 0 aliphatic carbocycles. The molecule has 1 heterocycles. The number of benzene rings is 2. The highest BCUT2D eigenvalue weighted by Crippen LogP contribution is 2.19. The molecule has 174 valence electrons. The normalized spacial score (nSPS) is 18.2. The molecule has 0 spiro atoms. The molecule has 0 unspecified atom stereocenters. The molecule has 7 nitrogen and oxygen atoms in total. The van der Waals surface area contributed by atoms with Crippen LogP contribution in [0.15, 0.2) is 42.5 Å². The number of fused-ring (bicyclic) bond motifs is 1. The third kappa shape index (κ3) is 6.93. The van der Waals surface area contributed by atoms with Crippen molar-refractivity contribution in [2.75, 3.05) is 33.3 Å². The Morgan fingerprint density at radius 1 is 1.19 bits per heavy atom. The van der Waals surface area contributed by atoms with Crippen molar-refractivity contribution in [2.24, 2.45) is 0 Å². The Balaban J connectivity index is 1.60. The smallest absolute Gasteiger partial charge is 0.407 e. The van der Waals surface area contributed by atoms with E-state index >= 15 is 0 Å². The van der Waals surface area contributed by atoms with Crippen LogP contribution >= 0.6 is 0 Å². The van der Waals surface area contributed by atoms with Crippen molar-refractivity contribution in [1.29, 1.82) is 0 Å². The molecule has 3 rings (SSSR count). The molecule has 32 heavy (non-hydrogen) atoms. The molecular weight excluding hydrogens is 406 g/mol. The number of nitrogens with one attached hydrogen (secondary N) is 2. The van der Waals surface area contributed by atoms with Gasteiger partial charge in [0.05, 0.1) is 7.11 Å². The zero-order chi connectivity index (χ0) is 23.1. The van der Waals surface area contributed by atoms with Crippen LogP contribution in [0.3, 0.4) is 0 Å². The number of hydrogen-bond acceptors (Lipinski definition) is 6. The van der Waals surface area contributed by atoms with E-state index in [0.717, 1.165) is 25.1 Å². The number of rotatable bonds is 7. The van der Waals surface area contributed by atoms with Crippen molar-refractivity contribution in [1.82, 2.24) is 15.5 Å². The standard InChI is InChI=1S/C25H35N3O4/c1-25(2,3)32-24(30)27-12-11-21-17-28(14-13-26-21)22(23(29)31-4)16-18-9-10-19-7-5-6-8-20(19)15-18/h5-10,15,21-22,26H,11-14,16-17H2,1-4H3,(H,27,30)/t21-,22-/m0/s1. The Bertz CT molecular complexity index is 925. The molecule has 2 N–H and O–H groups in total. The molecule has 1 amide bonds. The molecule has 7 heteroatoms. The van der Waals surface area contributed by atoms with Gasteiger partial charge in [-0.2, -0.15) is 0 Å². The fourth-order valence-corrected chi connectivity index (χ4v) is 4.08. The lowest BCUT2D eigenvalue weighted by Crippen LogP contribution is -2.57. The Morgan fingerprint density at radius 2 is 1.94 bits per heavy atom. The highest BCUT2D eigenvalue weighted by molar-refractivity contribution is 5.83. The SMILES string of the molecule is COC(=O)[C@H](Cc1ccc2ccccc2c1)N1CCN[C@@H](CCNC(=O)OC(C)(C)C)C1. The minimum atomic E-state index is -0.513. The van der Waals surface area contributed by atoms with Crippen molar-refractivity contribution >= 4 is 22.8 Å². The first-order valence-electron chi connectivity index (χ1n) is 11.2. The molecule has 0 saturated carbocycles. The highest BCUT2D eigenvalue weighted by Gasteiger charge is 2.31. The molecule has 2 aromatic carbocycles. The number of methoxy groups -OCH3 is 1. The first kappa shape index (κ1) is 24.0. The first-order valence-corrected chi connectivity index (χ1v) is 11.2. The average Bonchev–Trinajstić information content (AvgIpc) is 2.76. The van der Waals surface area contributed by atoms with Crippen molar-refractivity contribution in [3.05, 3.63) is 48.0 Å². The molecule has 1 saturated heterocycles. The third-order valence-corrected chi connectivity index (χ3v) is 5.60. The summed E-state index contributed by atoms with van der Waals surface area (Å²) in [4.78, 5) is 26.7. The van der Waals surface area contributed by atoms with Crippen LogP contribution in [0.2, 0.25) is 0 Å². The van der Waals surface area contributed by atoms with Gasteiger partial charge in [-0.1, -0.05) is 42.5 Å². The quantitative estimate of drug-likeness (QED) is 0.643. The number of carbonyl (C=O) groups is 2. The zero-order valence-electron chi connectivity index (χ0n) is 19.5. The van der Waals surface area contributed by atoms with E-state index in [9.17, 15) is 9.59 Å². The van der Waals surface area contributed by atoms with Crippen LogP contribution in [0.4, 0.5) is 4.79 Å². The summed E-state index contributed by atoms with van der Waals surface area (Å²) in [6.07, 6.45) is 0.939. The van der Waals surface area contributed by atoms with Crippen molar-refractivity contribution in [2.45, 2.75) is 51.3 Å². The number of carbonyl (C=O) groups excluding carboxylic acids is 2.